The van der Waals surface area contributed by atoms with E-state index in [9.17, 15) is 47.0 Å². The zero-order valence-electron chi connectivity index (χ0n) is 46.1. The highest BCUT2D eigenvalue weighted by Crippen LogP contribution is 2.26. The highest BCUT2D eigenvalue weighted by molar-refractivity contribution is 5.89. The number of amides is 4. The van der Waals surface area contributed by atoms with Crippen LogP contribution in [-0.2, 0) is 45.0 Å². The largest absolute Gasteiger partial charge is 0.444 e. The number of ether oxygens (including phenoxy) is 2. The minimum Gasteiger partial charge on any atom is -0.444 e. The number of nitrogens with zero attached hydrogens (tertiary/aromatic N) is 5. The number of carbonyl (C=O) groups excluding carboxylic acids is 4. The molecule has 3 heterocycles. The Hall–Kier alpha value is -6.12. The van der Waals surface area contributed by atoms with E-state index in [1.165, 1.54) is 21.9 Å². The van der Waals surface area contributed by atoms with E-state index < -0.39 is 94.9 Å². The number of aliphatic hydroxyl groups excluding tert-OH is 2. The van der Waals surface area contributed by atoms with Gasteiger partial charge in [0.25, 0.3) is 0 Å². The molecule has 0 aromatic heterocycles. The number of rotatable bonds is 17. The van der Waals surface area contributed by atoms with Gasteiger partial charge in [-0.3, -0.25) is 29.2 Å². The first-order valence-electron chi connectivity index (χ1n) is 27.0. The molecular weight excluding hydrogens is 1010 g/mol. The second kappa shape index (κ2) is 27.7. The molecule has 15 nitrogen and oxygen atoms in total. The lowest BCUT2D eigenvalue weighted by Crippen LogP contribution is -2.64. The molecule has 0 bridgehead atoms. The van der Waals surface area contributed by atoms with Crippen LogP contribution in [0.3, 0.4) is 0 Å². The molecule has 0 spiro atoms. The van der Waals surface area contributed by atoms with E-state index in [0.717, 1.165) is 48.2 Å². The number of likely N-dealkylation sites (tertiary alicyclic amines) is 1. The third-order valence-electron chi connectivity index (χ3n) is 13.9. The highest BCUT2D eigenvalue weighted by atomic mass is 19.1. The van der Waals surface area contributed by atoms with E-state index in [2.05, 4.69) is 15.1 Å². The second-order valence-corrected chi connectivity index (χ2v) is 22.7. The molecule has 2 unspecified atom stereocenters. The predicted octanol–water partition coefficient (Wildman–Crippen LogP) is 7.44. The molecule has 0 aliphatic carbocycles. The summed E-state index contributed by atoms with van der Waals surface area (Å²) in [6.07, 6.45) is -1.82. The SMILES string of the molecule is CC(C)(C)OC(=O)N1CCN(Cc2ccccc2)C[C@@H]1[C@@H](O)C(N)Cc1cc(F)cc(F)c1.CCCCN1C[C@@H](C(=O)NC(Cc2cc(F)cc(F)c2)[C@H](O)[C@H]2CN(Cc3ccccc3)CCN2C(=O)OC(C)(C)C)CC1=O. The number of hydrogen-bond donors (Lipinski definition) is 4. The molecular formula is C59H79F4N7O8. The number of nitrogens with one attached hydrogen (secondary N) is 1. The molecule has 426 valence electrons. The Labute approximate surface area is 456 Å². The first-order valence-corrected chi connectivity index (χ1v) is 27.0. The van der Waals surface area contributed by atoms with Gasteiger partial charge in [-0.25, -0.2) is 27.2 Å². The molecule has 0 saturated carbocycles. The maximum absolute atomic E-state index is 14.2. The van der Waals surface area contributed by atoms with E-state index in [1.807, 2.05) is 67.6 Å². The normalized spacial score (nSPS) is 20.1. The zero-order chi connectivity index (χ0) is 56.9. The van der Waals surface area contributed by atoms with Crippen LogP contribution < -0.4 is 11.1 Å². The van der Waals surface area contributed by atoms with Gasteiger partial charge in [0, 0.05) is 90.0 Å². The number of unbranched alkanes of at least 4 members (excludes halogenated alkanes) is 1. The van der Waals surface area contributed by atoms with Gasteiger partial charge in [-0.2, -0.15) is 0 Å². The number of nitrogens with two attached hydrogens (primary N) is 1. The first-order chi connectivity index (χ1) is 36.8. The van der Waals surface area contributed by atoms with E-state index in [0.29, 0.717) is 51.4 Å². The Morgan fingerprint density at radius 1 is 0.641 bits per heavy atom. The summed E-state index contributed by atoms with van der Waals surface area (Å²) in [4.78, 5) is 61.4. The number of carbonyl (C=O) groups is 4. The van der Waals surface area contributed by atoms with Crippen LogP contribution in [0.4, 0.5) is 27.2 Å². The second-order valence-electron chi connectivity index (χ2n) is 22.7. The number of benzene rings is 4. The number of aliphatic hydroxyl groups is 2. The Kier molecular flexibility index (Phi) is 21.7. The van der Waals surface area contributed by atoms with E-state index in [1.54, 1.807) is 46.4 Å². The molecule has 78 heavy (non-hydrogen) atoms. The van der Waals surface area contributed by atoms with Crippen LogP contribution >= 0.6 is 0 Å². The van der Waals surface area contributed by atoms with Gasteiger partial charge < -0.3 is 35.6 Å². The number of piperazine rings is 2. The fraction of sp³-hybridized carbons (Fsp3) is 0.525. The molecule has 3 fully saturated rings. The van der Waals surface area contributed by atoms with Crippen molar-refractivity contribution in [3.05, 3.63) is 143 Å². The highest BCUT2D eigenvalue weighted by Gasteiger charge is 2.43. The van der Waals surface area contributed by atoms with Gasteiger partial charge in [0.05, 0.1) is 36.3 Å². The molecule has 19 heteroatoms. The minimum absolute atomic E-state index is 0.0469. The molecule has 4 aromatic carbocycles. The van der Waals surface area contributed by atoms with Gasteiger partial charge in [0.1, 0.15) is 34.5 Å². The van der Waals surface area contributed by atoms with E-state index in [-0.39, 0.29) is 50.4 Å². The Bertz CT molecular complexity index is 2570. The topological polar surface area (TPSA) is 181 Å². The van der Waals surface area contributed by atoms with Gasteiger partial charge in [-0.1, -0.05) is 74.0 Å². The average molecular weight is 1090 g/mol. The van der Waals surface area contributed by atoms with Crippen molar-refractivity contribution >= 4 is 24.0 Å². The first kappa shape index (κ1) is 61.1. The maximum Gasteiger partial charge on any atom is 0.410 e. The van der Waals surface area contributed by atoms with Gasteiger partial charge >= 0.3 is 12.2 Å². The fourth-order valence-electron chi connectivity index (χ4n) is 10.1. The summed E-state index contributed by atoms with van der Waals surface area (Å²) in [5, 5.41) is 26.0. The van der Waals surface area contributed by atoms with Crippen molar-refractivity contribution in [1.29, 1.82) is 0 Å². The third kappa shape index (κ3) is 18.5. The van der Waals surface area contributed by atoms with Crippen LogP contribution in [0.5, 0.6) is 0 Å². The molecule has 7 rings (SSSR count). The standard InChI is InChI=1S/C34H46F2N4O5.C25H33F2N3O3/c1-5-6-12-39-21-25(18-30(39)41)32(43)37-28(17-24-15-26(35)19-27(36)16-24)31(42)29-22-38(20-23-10-8-7-9-11-23)13-14-40(29)33(44)45-34(2,3)4;1-25(2,3)33-24(32)30-10-9-29(15-17-7-5-4-6-8-17)16-22(30)23(31)21(28)13-18-11-19(26)14-20(27)12-18/h7-11,15-16,19,25,28-29,31,42H,5-6,12-14,17-18,20-22H2,1-4H3,(H,37,43);4-8,11-12,14,21-23,31H,9-10,13,15-16,28H2,1-3H3/t25-,28?,29+,31-;21?,22-,23+/m01/s1. The Morgan fingerprint density at radius 3 is 1.51 bits per heavy atom. The monoisotopic (exact) mass is 1090 g/mol. The lowest BCUT2D eigenvalue weighted by Gasteiger charge is -2.45. The Morgan fingerprint density at radius 2 is 1.08 bits per heavy atom. The number of hydrogen-bond acceptors (Lipinski definition) is 11. The van der Waals surface area contributed by atoms with Crippen molar-refractivity contribution in [2.75, 3.05) is 52.4 Å². The van der Waals surface area contributed by atoms with Crippen LogP contribution in [0.15, 0.2) is 97.1 Å². The van der Waals surface area contributed by atoms with Gasteiger partial charge in [-0.05, 0) is 107 Å². The lowest BCUT2D eigenvalue weighted by molar-refractivity contribution is -0.129. The molecule has 4 amide bonds. The van der Waals surface area contributed by atoms with E-state index in [4.69, 9.17) is 15.2 Å². The third-order valence-corrected chi connectivity index (χ3v) is 13.9. The Balaban J connectivity index is 0.000000265. The van der Waals surface area contributed by atoms with Crippen molar-refractivity contribution in [2.45, 2.75) is 141 Å². The molecule has 0 radical (unpaired) electrons. The number of halogens is 4. The quantitative estimate of drug-likeness (QED) is 0.0772. The predicted molar refractivity (Wildman–Crippen MR) is 289 cm³/mol. The van der Waals surface area contributed by atoms with Gasteiger partial charge in [0.2, 0.25) is 11.8 Å². The lowest BCUT2D eigenvalue weighted by atomic mass is 9.93. The smallest absolute Gasteiger partial charge is 0.410 e. The molecule has 3 saturated heterocycles. The summed E-state index contributed by atoms with van der Waals surface area (Å²) in [5.74, 6) is -4.12. The minimum atomic E-state index is -1.33. The maximum atomic E-state index is 14.2. The summed E-state index contributed by atoms with van der Waals surface area (Å²) < 4.78 is 66.9. The van der Waals surface area contributed by atoms with Crippen LogP contribution in [-0.4, -0.2) is 159 Å². The zero-order valence-corrected chi connectivity index (χ0v) is 46.1. The summed E-state index contributed by atoms with van der Waals surface area (Å²) in [6.45, 7) is 17.2. The van der Waals surface area contributed by atoms with Crippen molar-refractivity contribution in [2.24, 2.45) is 11.7 Å². The average Bonchev–Trinajstić information content (AvgIpc) is 3.74. The van der Waals surface area contributed by atoms with Crippen LogP contribution in [0, 0.1) is 29.2 Å². The van der Waals surface area contributed by atoms with Gasteiger partial charge in [0.15, 0.2) is 0 Å². The summed E-state index contributed by atoms with van der Waals surface area (Å²) in [6, 6.07) is 22.7. The van der Waals surface area contributed by atoms with Crippen LogP contribution in [0.25, 0.3) is 0 Å². The van der Waals surface area contributed by atoms with Crippen molar-refractivity contribution < 1.29 is 56.4 Å². The molecule has 4 aromatic rings. The molecule has 7 atom stereocenters. The van der Waals surface area contributed by atoms with Crippen molar-refractivity contribution in [3.8, 4) is 0 Å². The van der Waals surface area contributed by atoms with E-state index >= 15 is 0 Å². The molecule has 3 aliphatic rings. The summed E-state index contributed by atoms with van der Waals surface area (Å²) >= 11 is 0. The fourth-order valence-corrected chi connectivity index (χ4v) is 10.1. The van der Waals surface area contributed by atoms with Crippen molar-refractivity contribution in [1.82, 2.24) is 29.8 Å². The van der Waals surface area contributed by atoms with Crippen LogP contribution in [0.2, 0.25) is 0 Å². The summed E-state index contributed by atoms with van der Waals surface area (Å²) in [5.41, 5.74) is 7.59. The van der Waals surface area contributed by atoms with Crippen molar-refractivity contribution in [3.63, 3.8) is 0 Å². The molecule has 3 aliphatic heterocycles. The molecule has 5 N–H and O–H groups in total. The summed E-state index contributed by atoms with van der Waals surface area (Å²) in [7, 11) is 0. The van der Waals surface area contributed by atoms with Gasteiger partial charge in [-0.15, -0.1) is 0 Å². The van der Waals surface area contributed by atoms with Crippen LogP contribution in [0.1, 0.15) is 90.0 Å².